The Morgan fingerprint density at radius 3 is 2.95 bits per heavy atom. The first-order valence-electron chi connectivity index (χ1n) is 6.50. The molecule has 20 heavy (non-hydrogen) atoms. The van der Waals surface area contributed by atoms with Crippen LogP contribution in [0.15, 0.2) is 45.2 Å². The lowest BCUT2D eigenvalue weighted by molar-refractivity contribution is 0.454. The van der Waals surface area contributed by atoms with Crippen molar-refractivity contribution in [1.29, 1.82) is 5.26 Å². The van der Waals surface area contributed by atoms with Gasteiger partial charge in [0.05, 0.1) is 11.8 Å². The van der Waals surface area contributed by atoms with E-state index >= 15 is 0 Å². The summed E-state index contributed by atoms with van der Waals surface area (Å²) in [7, 11) is 0. The molecule has 5 heteroatoms. The van der Waals surface area contributed by atoms with Gasteiger partial charge in [0.25, 0.3) is 5.22 Å². The van der Waals surface area contributed by atoms with Crippen LogP contribution in [0.5, 0.6) is 0 Å². The molecule has 0 radical (unpaired) electrons. The Morgan fingerprint density at radius 1 is 1.45 bits per heavy atom. The summed E-state index contributed by atoms with van der Waals surface area (Å²) in [6, 6.07) is 8.12. The molecule has 104 valence electrons. The Morgan fingerprint density at radius 2 is 2.30 bits per heavy atom. The minimum absolute atomic E-state index is 0.548. The van der Waals surface area contributed by atoms with Crippen molar-refractivity contribution in [2.75, 3.05) is 6.54 Å². The summed E-state index contributed by atoms with van der Waals surface area (Å²) in [5.74, 6) is 0.616. The molecule has 0 aliphatic carbocycles. The van der Waals surface area contributed by atoms with Crippen LogP contribution in [0, 0.1) is 17.2 Å². The normalized spacial score (nSPS) is 10.7. The van der Waals surface area contributed by atoms with E-state index in [0.29, 0.717) is 16.7 Å². The van der Waals surface area contributed by atoms with E-state index in [4.69, 9.17) is 4.42 Å². The van der Waals surface area contributed by atoms with Crippen molar-refractivity contribution in [3.63, 3.8) is 0 Å². The molecule has 0 unspecified atom stereocenters. The minimum Gasteiger partial charge on any atom is -0.440 e. The van der Waals surface area contributed by atoms with Crippen molar-refractivity contribution in [2.24, 2.45) is 5.92 Å². The summed E-state index contributed by atoms with van der Waals surface area (Å²) in [6.07, 6.45) is 3.12. The second-order valence-electron chi connectivity index (χ2n) is 4.87. The maximum atomic E-state index is 9.25. The third-order valence-electron chi connectivity index (χ3n) is 2.65. The van der Waals surface area contributed by atoms with E-state index < -0.39 is 0 Å². The summed E-state index contributed by atoms with van der Waals surface area (Å²) < 4.78 is 5.19. The zero-order valence-electron chi connectivity index (χ0n) is 11.6. The summed E-state index contributed by atoms with van der Waals surface area (Å²) in [5, 5.41) is 13.2. The molecule has 2 aromatic rings. The number of oxazole rings is 1. The third kappa shape index (κ3) is 4.12. The first-order chi connectivity index (χ1) is 9.69. The van der Waals surface area contributed by atoms with Gasteiger partial charge in [-0.1, -0.05) is 19.9 Å². The van der Waals surface area contributed by atoms with Crippen LogP contribution in [-0.2, 0) is 6.54 Å². The molecule has 0 saturated carbocycles. The van der Waals surface area contributed by atoms with Crippen LogP contribution < -0.4 is 5.32 Å². The Labute approximate surface area is 123 Å². The molecule has 1 heterocycles. The van der Waals surface area contributed by atoms with Crippen molar-refractivity contribution in [2.45, 2.75) is 30.5 Å². The van der Waals surface area contributed by atoms with E-state index in [2.05, 4.69) is 30.2 Å². The van der Waals surface area contributed by atoms with Crippen molar-refractivity contribution in [3.8, 4) is 6.07 Å². The zero-order chi connectivity index (χ0) is 14.4. The van der Waals surface area contributed by atoms with Crippen molar-refractivity contribution in [1.82, 2.24) is 10.3 Å². The van der Waals surface area contributed by atoms with Crippen LogP contribution in [0.2, 0.25) is 0 Å². The summed E-state index contributed by atoms with van der Waals surface area (Å²) in [6.45, 7) is 6.08. The maximum Gasteiger partial charge on any atom is 0.260 e. The molecule has 0 atom stereocenters. The Bertz CT molecular complexity index is 588. The molecule has 1 aromatic carbocycles. The minimum atomic E-state index is 0.548. The number of rotatable bonds is 6. The molecule has 0 aliphatic rings. The van der Waals surface area contributed by atoms with Crippen LogP contribution in [0.3, 0.4) is 0 Å². The Kier molecular flexibility index (Phi) is 5.22. The number of hydrogen-bond acceptors (Lipinski definition) is 5. The fourth-order valence-electron chi connectivity index (χ4n) is 1.72. The van der Waals surface area contributed by atoms with Gasteiger partial charge in [-0.25, -0.2) is 4.98 Å². The lowest BCUT2D eigenvalue weighted by Crippen LogP contribution is -2.18. The maximum absolute atomic E-state index is 9.25. The molecular formula is C15H17N3OS. The Hall–Kier alpha value is -1.77. The fourth-order valence-corrected chi connectivity index (χ4v) is 2.48. The smallest absolute Gasteiger partial charge is 0.260 e. The van der Waals surface area contributed by atoms with Crippen molar-refractivity contribution < 1.29 is 4.42 Å². The summed E-state index contributed by atoms with van der Waals surface area (Å²) >= 11 is 1.36. The summed E-state index contributed by atoms with van der Waals surface area (Å²) in [4.78, 5) is 4.92. The molecule has 2 rings (SSSR count). The van der Waals surface area contributed by atoms with E-state index in [1.54, 1.807) is 6.20 Å². The van der Waals surface area contributed by atoms with Crippen LogP contribution >= 0.6 is 11.8 Å². The predicted octanol–water partition coefficient (Wildman–Crippen LogP) is 3.44. The van der Waals surface area contributed by atoms with Gasteiger partial charge in [-0.2, -0.15) is 5.26 Å². The molecule has 0 spiro atoms. The van der Waals surface area contributed by atoms with Crippen LogP contribution in [0.4, 0.5) is 0 Å². The van der Waals surface area contributed by atoms with Gasteiger partial charge in [0.15, 0.2) is 0 Å². The van der Waals surface area contributed by atoms with Gasteiger partial charge < -0.3 is 9.73 Å². The third-order valence-corrected chi connectivity index (χ3v) is 3.61. The van der Waals surface area contributed by atoms with E-state index in [-0.39, 0.29) is 0 Å². The van der Waals surface area contributed by atoms with Crippen LogP contribution in [0.25, 0.3) is 0 Å². The van der Waals surface area contributed by atoms with Crippen molar-refractivity contribution in [3.05, 3.63) is 41.8 Å². The predicted molar refractivity (Wildman–Crippen MR) is 78.3 cm³/mol. The summed E-state index contributed by atoms with van der Waals surface area (Å²) in [5.41, 5.74) is 1.76. The molecule has 0 amide bonds. The molecule has 0 bridgehead atoms. The second kappa shape index (κ2) is 7.13. The van der Waals surface area contributed by atoms with Gasteiger partial charge in [0, 0.05) is 11.4 Å². The number of nitrogens with zero attached hydrogens (tertiary/aromatic N) is 2. The fraction of sp³-hybridized carbons (Fsp3) is 0.333. The van der Waals surface area contributed by atoms with Crippen LogP contribution in [0.1, 0.15) is 25.0 Å². The second-order valence-corrected chi connectivity index (χ2v) is 5.86. The Balaban J connectivity index is 2.06. The number of benzene rings is 1. The monoisotopic (exact) mass is 287 g/mol. The first-order valence-corrected chi connectivity index (χ1v) is 7.31. The van der Waals surface area contributed by atoms with Gasteiger partial charge in [-0.05, 0) is 41.9 Å². The highest BCUT2D eigenvalue weighted by Gasteiger charge is 2.08. The molecule has 1 aromatic heterocycles. The van der Waals surface area contributed by atoms with E-state index in [1.807, 2.05) is 18.2 Å². The van der Waals surface area contributed by atoms with Gasteiger partial charge in [0.1, 0.15) is 12.3 Å². The van der Waals surface area contributed by atoms with Gasteiger partial charge in [0.2, 0.25) is 0 Å². The molecule has 0 saturated heterocycles. The number of nitriles is 1. The average Bonchev–Trinajstić information content (AvgIpc) is 2.93. The lowest BCUT2D eigenvalue weighted by Gasteiger charge is -2.09. The van der Waals surface area contributed by atoms with Crippen LogP contribution in [-0.4, -0.2) is 11.5 Å². The SMILES string of the molecule is CC(C)CNCc1ccc(Sc2ncco2)c(C#N)c1. The van der Waals surface area contributed by atoms with E-state index in [9.17, 15) is 5.26 Å². The quantitative estimate of drug-likeness (QED) is 0.881. The highest BCUT2D eigenvalue weighted by Crippen LogP contribution is 2.29. The van der Waals surface area contributed by atoms with Gasteiger partial charge in [-0.3, -0.25) is 0 Å². The number of hydrogen-bond donors (Lipinski definition) is 1. The van der Waals surface area contributed by atoms with Gasteiger partial charge in [-0.15, -0.1) is 0 Å². The average molecular weight is 287 g/mol. The van der Waals surface area contributed by atoms with E-state index in [1.165, 1.54) is 18.0 Å². The lowest BCUT2D eigenvalue weighted by atomic mass is 10.1. The standard InChI is InChI=1S/C15H17N3OS/c1-11(2)9-17-10-12-3-4-14(13(7-12)8-16)20-15-18-5-6-19-15/h3-7,11,17H,9-10H2,1-2H3. The molecule has 4 nitrogen and oxygen atoms in total. The largest absolute Gasteiger partial charge is 0.440 e. The number of nitrogens with one attached hydrogen (secondary N) is 1. The zero-order valence-corrected chi connectivity index (χ0v) is 12.4. The highest BCUT2D eigenvalue weighted by atomic mass is 32.2. The van der Waals surface area contributed by atoms with Crippen molar-refractivity contribution >= 4 is 11.8 Å². The topological polar surface area (TPSA) is 61.9 Å². The molecule has 1 N–H and O–H groups in total. The van der Waals surface area contributed by atoms with E-state index in [0.717, 1.165) is 23.5 Å². The molecular weight excluding hydrogens is 270 g/mol. The molecule has 0 fully saturated rings. The number of aromatic nitrogens is 1. The highest BCUT2D eigenvalue weighted by molar-refractivity contribution is 7.99. The van der Waals surface area contributed by atoms with Gasteiger partial charge >= 0.3 is 0 Å². The first kappa shape index (κ1) is 14.6. The molecule has 0 aliphatic heterocycles.